The smallest absolute Gasteiger partial charge is 0.135 e. The minimum atomic E-state index is -0.134. The van der Waals surface area contributed by atoms with Gasteiger partial charge in [-0.2, -0.15) is 0 Å². The van der Waals surface area contributed by atoms with Crippen molar-refractivity contribution in [1.82, 2.24) is 16.0 Å². The van der Waals surface area contributed by atoms with Gasteiger partial charge in [0.25, 0.3) is 0 Å². The topological polar surface area (TPSA) is 49.2 Å². The van der Waals surface area contributed by atoms with Gasteiger partial charge in [0.1, 0.15) is 11.2 Å². The average molecular weight is 710 g/mol. The molecule has 0 saturated carbocycles. The highest BCUT2D eigenvalue weighted by atomic mass is 32.1. The molecule has 3 N–H and O–H groups in total. The minimum Gasteiger partial charge on any atom is -0.456 e. The highest BCUT2D eigenvalue weighted by molar-refractivity contribution is 7.27. The first kappa shape index (κ1) is 31.4. The maximum absolute atomic E-state index is 6.23. The second-order valence-corrected chi connectivity index (χ2v) is 15.5. The van der Waals surface area contributed by atoms with Crippen LogP contribution in [0.1, 0.15) is 29.0 Å². The highest BCUT2D eigenvalue weighted by Crippen LogP contribution is 2.45. The molecule has 0 aliphatic rings. The number of hydrogen-bond acceptors (Lipinski definition) is 6. The zero-order chi connectivity index (χ0) is 34.6. The molecule has 10 aromatic rings. The molecule has 7 aromatic carbocycles. The molecule has 0 saturated heterocycles. The van der Waals surface area contributed by atoms with Crippen molar-refractivity contribution in [2.75, 3.05) is 7.05 Å². The average Bonchev–Trinajstić information content (AvgIpc) is 3.89. The Labute approximate surface area is 309 Å². The third kappa shape index (κ3) is 5.39. The second kappa shape index (κ2) is 13.0. The van der Waals surface area contributed by atoms with Gasteiger partial charge in [0, 0.05) is 68.8 Å². The van der Waals surface area contributed by atoms with Crippen LogP contribution >= 0.6 is 22.7 Å². The molecule has 0 radical (unpaired) electrons. The van der Waals surface area contributed by atoms with Crippen molar-refractivity contribution in [3.05, 3.63) is 168 Å². The summed E-state index contributed by atoms with van der Waals surface area (Å²) in [7, 11) is 2.01. The first-order valence-electron chi connectivity index (χ1n) is 17.7. The molecule has 4 nitrogen and oxygen atoms in total. The Bertz CT molecular complexity index is 2900. The number of nitrogens with one attached hydrogen (secondary N) is 3. The first-order valence-corrected chi connectivity index (χ1v) is 19.3. The maximum Gasteiger partial charge on any atom is 0.135 e. The fraction of sp³-hybridized carbons (Fsp3) is 0.0870. The van der Waals surface area contributed by atoms with Crippen LogP contribution in [0.2, 0.25) is 0 Å². The molecule has 0 aliphatic heterocycles. The Hall–Kier alpha value is -5.34. The molecule has 10 rings (SSSR count). The standard InChI is InChI=1S/C46H35N3OS2/c1-47-45(29-11-3-2-4-12-29)49-46(48-27-28-21-23-32-31-13-5-7-19-39(31)50-40(32)25-28)30-22-24-34-36-16-10-18-38(44(36)52-42(34)26-30)37-17-9-15-35-33-14-6-8-20-41(33)51-43(35)37/h2-26,45-49H,27H2,1H3. The predicted octanol–water partition coefficient (Wildman–Crippen LogP) is 12.3. The SMILES string of the molecule is CNC(NC(NCc1ccc2c(c1)oc1ccccc12)c1ccc2c(c1)sc1c(-c3cccc4c3sc3ccccc34)cccc12)c1ccccc1. The van der Waals surface area contributed by atoms with Gasteiger partial charge in [-0.3, -0.25) is 10.6 Å². The number of hydrogen-bond donors (Lipinski definition) is 3. The van der Waals surface area contributed by atoms with Gasteiger partial charge < -0.3 is 9.73 Å². The van der Waals surface area contributed by atoms with Crippen LogP contribution in [0.25, 0.3) is 73.4 Å². The minimum absolute atomic E-state index is 0.0527. The lowest BCUT2D eigenvalue weighted by Crippen LogP contribution is -2.41. The van der Waals surface area contributed by atoms with Crippen molar-refractivity contribution < 1.29 is 4.42 Å². The van der Waals surface area contributed by atoms with Crippen LogP contribution in [-0.4, -0.2) is 7.05 Å². The third-order valence-electron chi connectivity index (χ3n) is 10.3. The number of fused-ring (bicyclic) bond motifs is 9. The van der Waals surface area contributed by atoms with Crippen LogP contribution < -0.4 is 16.0 Å². The van der Waals surface area contributed by atoms with E-state index in [0.717, 1.165) is 21.9 Å². The van der Waals surface area contributed by atoms with Gasteiger partial charge in [0.15, 0.2) is 0 Å². The third-order valence-corrected chi connectivity index (χ3v) is 12.7. The molecule has 252 valence electrons. The molecule has 0 amide bonds. The molecule has 6 heteroatoms. The fourth-order valence-corrected chi connectivity index (χ4v) is 10.2. The molecule has 52 heavy (non-hydrogen) atoms. The summed E-state index contributed by atoms with van der Waals surface area (Å²) in [5.41, 5.74) is 7.97. The summed E-state index contributed by atoms with van der Waals surface area (Å²) in [4.78, 5) is 0. The Morgan fingerprint density at radius 3 is 1.92 bits per heavy atom. The Morgan fingerprint density at radius 1 is 0.500 bits per heavy atom. The second-order valence-electron chi connectivity index (χ2n) is 13.4. The molecular weight excluding hydrogens is 675 g/mol. The number of rotatable bonds is 9. The number of furan rings is 1. The summed E-state index contributed by atoms with van der Waals surface area (Å²) >= 11 is 3.78. The predicted molar refractivity (Wildman–Crippen MR) is 222 cm³/mol. The largest absolute Gasteiger partial charge is 0.456 e. The summed E-state index contributed by atoms with van der Waals surface area (Å²) in [6.45, 7) is 0.670. The Balaban J connectivity index is 1.04. The summed E-state index contributed by atoms with van der Waals surface area (Å²) < 4.78 is 11.5. The van der Waals surface area contributed by atoms with Crippen molar-refractivity contribution in [2.24, 2.45) is 0 Å². The van der Waals surface area contributed by atoms with Gasteiger partial charge in [-0.15, -0.1) is 22.7 Å². The van der Waals surface area contributed by atoms with E-state index in [1.807, 2.05) is 41.9 Å². The van der Waals surface area contributed by atoms with E-state index in [0.29, 0.717) is 6.54 Å². The van der Waals surface area contributed by atoms with Gasteiger partial charge in [-0.05, 0) is 48.0 Å². The lowest BCUT2D eigenvalue weighted by Gasteiger charge is -2.27. The molecule has 0 spiro atoms. The summed E-state index contributed by atoms with van der Waals surface area (Å²) in [6, 6.07) is 54.6. The maximum atomic E-state index is 6.23. The lowest BCUT2D eigenvalue weighted by molar-refractivity contribution is 0.354. The van der Waals surface area contributed by atoms with Crippen molar-refractivity contribution in [2.45, 2.75) is 18.9 Å². The van der Waals surface area contributed by atoms with E-state index < -0.39 is 0 Å². The van der Waals surface area contributed by atoms with Crippen LogP contribution in [0, 0.1) is 0 Å². The monoisotopic (exact) mass is 709 g/mol. The highest BCUT2D eigenvalue weighted by Gasteiger charge is 2.20. The van der Waals surface area contributed by atoms with Gasteiger partial charge in [-0.1, -0.05) is 127 Å². The summed E-state index contributed by atoms with van der Waals surface area (Å²) in [5.74, 6) is 0. The van der Waals surface area contributed by atoms with E-state index >= 15 is 0 Å². The molecule has 2 atom stereocenters. The van der Waals surface area contributed by atoms with Gasteiger partial charge in [0.2, 0.25) is 0 Å². The lowest BCUT2D eigenvalue weighted by atomic mass is 10.00. The van der Waals surface area contributed by atoms with E-state index in [-0.39, 0.29) is 12.3 Å². The van der Waals surface area contributed by atoms with Crippen LogP contribution in [0.4, 0.5) is 0 Å². The van der Waals surface area contributed by atoms with Crippen LogP contribution in [-0.2, 0) is 6.54 Å². The van der Waals surface area contributed by atoms with Gasteiger partial charge >= 0.3 is 0 Å². The summed E-state index contributed by atoms with van der Waals surface area (Å²) in [6.07, 6.45) is -0.187. The normalized spacial score (nSPS) is 13.2. The molecular formula is C46H35N3OS2. The Morgan fingerprint density at radius 2 is 1.13 bits per heavy atom. The molecule has 0 fully saturated rings. The number of benzene rings is 7. The Kier molecular flexibility index (Phi) is 7.86. The van der Waals surface area contributed by atoms with E-state index in [4.69, 9.17) is 4.42 Å². The van der Waals surface area contributed by atoms with Crippen molar-refractivity contribution in [1.29, 1.82) is 0 Å². The van der Waals surface area contributed by atoms with E-state index in [1.54, 1.807) is 0 Å². The molecule has 3 aromatic heterocycles. The van der Waals surface area contributed by atoms with Crippen molar-refractivity contribution in [3.8, 4) is 11.1 Å². The quantitative estimate of drug-likeness (QED) is 0.131. The zero-order valence-corrected chi connectivity index (χ0v) is 30.2. The first-order chi connectivity index (χ1) is 25.7. The number of thiophene rings is 2. The molecule has 2 unspecified atom stereocenters. The van der Waals surface area contributed by atoms with Gasteiger partial charge in [0.05, 0.1) is 12.3 Å². The zero-order valence-electron chi connectivity index (χ0n) is 28.5. The van der Waals surface area contributed by atoms with E-state index in [1.165, 1.54) is 68.2 Å². The van der Waals surface area contributed by atoms with Crippen LogP contribution in [0.5, 0.6) is 0 Å². The summed E-state index contributed by atoms with van der Waals surface area (Å²) in [5, 5.41) is 18.8. The molecule has 0 bridgehead atoms. The molecule has 0 aliphatic carbocycles. The van der Waals surface area contributed by atoms with Gasteiger partial charge in [-0.25, -0.2) is 0 Å². The van der Waals surface area contributed by atoms with Crippen molar-refractivity contribution in [3.63, 3.8) is 0 Å². The number of para-hydroxylation sites is 1. The van der Waals surface area contributed by atoms with Crippen LogP contribution in [0.15, 0.2) is 156 Å². The van der Waals surface area contributed by atoms with E-state index in [2.05, 4.69) is 155 Å². The van der Waals surface area contributed by atoms with Crippen LogP contribution in [0.3, 0.4) is 0 Å². The molecule has 3 heterocycles. The van der Waals surface area contributed by atoms with Crippen molar-refractivity contribution >= 4 is 85.0 Å². The fourth-order valence-electron chi connectivity index (χ4n) is 7.70. The van der Waals surface area contributed by atoms with E-state index in [9.17, 15) is 0 Å².